The molecule has 8 nitrogen and oxygen atoms in total. The Hall–Kier alpha value is -2.27. The Labute approximate surface area is 146 Å². The third-order valence-corrected chi connectivity index (χ3v) is 5.60. The van der Waals surface area contributed by atoms with E-state index in [-0.39, 0.29) is 15.4 Å². The summed E-state index contributed by atoms with van der Waals surface area (Å²) in [5.41, 5.74) is 0.189. The predicted molar refractivity (Wildman–Crippen MR) is 92.2 cm³/mol. The Morgan fingerprint density at radius 3 is 1.96 bits per heavy atom. The highest BCUT2D eigenvalue weighted by Gasteiger charge is 2.22. The number of carbonyl (C=O) groups is 1. The van der Waals surface area contributed by atoms with Gasteiger partial charge in [0.1, 0.15) is 0 Å². The number of carboxylic acid groups (broad SMARTS) is 1. The second-order valence-corrected chi connectivity index (χ2v) is 8.21. The first-order valence-electron chi connectivity index (χ1n) is 6.85. The third kappa shape index (κ3) is 5.64. The van der Waals surface area contributed by atoms with Gasteiger partial charge in [0.25, 0.3) is 0 Å². The smallest absolute Gasteiger partial charge is 0.337 e. The Bertz CT molecular complexity index is 955. The van der Waals surface area contributed by atoms with E-state index in [1.807, 2.05) is 0 Å². The van der Waals surface area contributed by atoms with Crippen LogP contribution in [0.4, 0.5) is 0 Å². The van der Waals surface area contributed by atoms with Gasteiger partial charge in [-0.1, -0.05) is 30.3 Å². The number of nitrogens with two attached hydrogens (primary N) is 1. The van der Waals surface area contributed by atoms with Crippen molar-refractivity contribution < 1.29 is 26.7 Å². The van der Waals surface area contributed by atoms with Crippen LogP contribution in [0.15, 0.2) is 58.3 Å². The van der Waals surface area contributed by atoms with Crippen LogP contribution in [0.25, 0.3) is 0 Å². The molecule has 25 heavy (non-hydrogen) atoms. The van der Waals surface area contributed by atoms with Gasteiger partial charge in [-0.3, -0.25) is 0 Å². The number of hydrogen-bond donors (Lipinski definition) is 3. The molecule has 0 atom stereocenters. The molecule has 2 aromatic rings. The lowest BCUT2D eigenvalue weighted by Crippen LogP contribution is -2.22. The molecule has 2 aromatic carbocycles. The molecule has 136 valence electrons. The average molecular weight is 386 g/mol. The average Bonchev–Trinajstić information content (AvgIpc) is 2.55. The summed E-state index contributed by atoms with van der Waals surface area (Å²) in [4.78, 5) is 10.8. The molecule has 0 saturated heterocycles. The summed E-state index contributed by atoms with van der Waals surface area (Å²) < 4.78 is 46.5. The molecule has 0 aliphatic carbocycles. The minimum Gasteiger partial charge on any atom is -0.478 e. The minimum absolute atomic E-state index is 0.148. The first-order chi connectivity index (χ1) is 11.5. The molecule has 2 rings (SSSR count). The molecule has 0 radical (unpaired) electrons. The van der Waals surface area contributed by atoms with Gasteiger partial charge >= 0.3 is 5.97 Å². The number of benzene rings is 2. The van der Waals surface area contributed by atoms with E-state index >= 15 is 0 Å². The highest BCUT2D eigenvalue weighted by molar-refractivity contribution is 7.89. The number of hydrogen-bond acceptors (Lipinski definition) is 5. The summed E-state index contributed by atoms with van der Waals surface area (Å²) in [5.74, 6) is -1.26. The zero-order valence-electron chi connectivity index (χ0n) is 13.5. The van der Waals surface area contributed by atoms with Crippen LogP contribution in [0, 0.1) is 6.92 Å². The van der Waals surface area contributed by atoms with Crippen LogP contribution >= 0.6 is 0 Å². The first kappa shape index (κ1) is 20.8. The fourth-order valence-corrected chi connectivity index (χ4v) is 3.57. The number of nitrogens with one attached hydrogen (secondary N) is 1. The van der Waals surface area contributed by atoms with Gasteiger partial charge in [0.2, 0.25) is 20.0 Å². The van der Waals surface area contributed by atoms with Gasteiger partial charge < -0.3 is 5.11 Å². The maximum Gasteiger partial charge on any atom is 0.337 e. The van der Waals surface area contributed by atoms with E-state index in [9.17, 15) is 21.6 Å². The summed E-state index contributed by atoms with van der Waals surface area (Å²) in [5, 5.41) is 13.7. The van der Waals surface area contributed by atoms with E-state index in [1.54, 1.807) is 31.2 Å². The number of sulfonamides is 2. The molecule has 0 aliphatic heterocycles. The van der Waals surface area contributed by atoms with Crippen molar-refractivity contribution in [3.05, 3.63) is 59.7 Å². The molecule has 0 aliphatic rings. The van der Waals surface area contributed by atoms with Crippen LogP contribution in [0.5, 0.6) is 0 Å². The molecule has 0 fully saturated rings. The van der Waals surface area contributed by atoms with Crippen molar-refractivity contribution in [3.63, 3.8) is 0 Å². The fraction of sp³-hybridized carbons (Fsp3) is 0.133. The normalized spacial score (nSPS) is 11.3. The van der Waals surface area contributed by atoms with E-state index in [0.29, 0.717) is 5.56 Å². The van der Waals surface area contributed by atoms with Gasteiger partial charge in [0.15, 0.2) is 0 Å². The first-order valence-corrected chi connectivity index (χ1v) is 9.88. The molecule has 0 bridgehead atoms. The second kappa shape index (κ2) is 8.21. The third-order valence-electron chi connectivity index (χ3n) is 3.05. The Morgan fingerprint density at radius 1 is 1.00 bits per heavy atom. The molecular weight excluding hydrogens is 368 g/mol. The van der Waals surface area contributed by atoms with E-state index < -0.39 is 26.0 Å². The maximum atomic E-state index is 11.6. The van der Waals surface area contributed by atoms with Gasteiger partial charge in [-0.05, 0) is 37.7 Å². The number of carboxylic acids is 1. The summed E-state index contributed by atoms with van der Waals surface area (Å²) in [7, 11) is -5.99. The molecule has 0 spiro atoms. The van der Waals surface area contributed by atoms with Crippen LogP contribution in [-0.4, -0.2) is 35.0 Å². The molecular formula is C15H18N2O6S2. The highest BCUT2D eigenvalue weighted by atomic mass is 32.2. The van der Waals surface area contributed by atoms with Crippen molar-refractivity contribution in [1.82, 2.24) is 4.72 Å². The molecule has 4 N–H and O–H groups in total. The van der Waals surface area contributed by atoms with Crippen LogP contribution in [-0.2, 0) is 20.0 Å². The Morgan fingerprint density at radius 2 is 1.56 bits per heavy atom. The van der Waals surface area contributed by atoms with Gasteiger partial charge in [-0.25, -0.2) is 31.5 Å². The molecule has 10 heteroatoms. The molecule has 0 heterocycles. The second-order valence-electron chi connectivity index (χ2n) is 4.82. The van der Waals surface area contributed by atoms with E-state index in [4.69, 9.17) is 10.2 Å². The SMILES string of the molecule is CNS(=O)(=O)c1c(C)cccc1C(=O)O.NS(=O)(=O)c1ccccc1. The monoisotopic (exact) mass is 386 g/mol. The van der Waals surface area contributed by atoms with E-state index in [2.05, 4.69) is 4.72 Å². The van der Waals surface area contributed by atoms with Crippen LogP contribution in [0.2, 0.25) is 0 Å². The van der Waals surface area contributed by atoms with E-state index in [0.717, 1.165) is 0 Å². The number of aromatic carboxylic acids is 1. The molecule has 0 aromatic heterocycles. The zero-order chi connectivity index (χ0) is 19.3. The highest BCUT2D eigenvalue weighted by Crippen LogP contribution is 2.19. The van der Waals surface area contributed by atoms with Crippen LogP contribution < -0.4 is 9.86 Å². The number of aryl methyl sites for hydroxylation is 1. The van der Waals surface area contributed by atoms with Crippen molar-refractivity contribution in [2.24, 2.45) is 5.14 Å². The topological polar surface area (TPSA) is 144 Å². The zero-order valence-corrected chi connectivity index (χ0v) is 15.1. The minimum atomic E-state index is -3.74. The van der Waals surface area contributed by atoms with Gasteiger partial charge in [0, 0.05) is 0 Å². The fourth-order valence-electron chi connectivity index (χ4n) is 1.89. The largest absolute Gasteiger partial charge is 0.478 e. The van der Waals surface area contributed by atoms with Crippen molar-refractivity contribution in [2.45, 2.75) is 16.7 Å². The van der Waals surface area contributed by atoms with E-state index in [1.165, 1.54) is 31.3 Å². The summed E-state index contributed by atoms with van der Waals surface area (Å²) in [6, 6.07) is 12.2. The van der Waals surface area contributed by atoms with Gasteiger partial charge in [0.05, 0.1) is 15.4 Å². The predicted octanol–water partition coefficient (Wildman–Crippen LogP) is 0.935. The molecule has 0 unspecified atom stereocenters. The maximum absolute atomic E-state index is 11.6. The van der Waals surface area contributed by atoms with Gasteiger partial charge in [-0.2, -0.15) is 0 Å². The molecule has 0 saturated carbocycles. The quantitative estimate of drug-likeness (QED) is 0.713. The van der Waals surface area contributed by atoms with Crippen molar-refractivity contribution in [2.75, 3.05) is 7.05 Å². The Balaban J connectivity index is 0.000000271. The lowest BCUT2D eigenvalue weighted by Gasteiger charge is -2.09. The van der Waals surface area contributed by atoms with Crippen LogP contribution in [0.3, 0.4) is 0 Å². The lowest BCUT2D eigenvalue weighted by atomic mass is 10.1. The van der Waals surface area contributed by atoms with Crippen LogP contribution in [0.1, 0.15) is 15.9 Å². The molecule has 0 amide bonds. The number of primary sulfonamides is 1. The lowest BCUT2D eigenvalue weighted by molar-refractivity contribution is 0.0692. The van der Waals surface area contributed by atoms with Crippen molar-refractivity contribution in [3.8, 4) is 0 Å². The Kier molecular flexibility index (Phi) is 6.82. The van der Waals surface area contributed by atoms with Crippen molar-refractivity contribution >= 4 is 26.0 Å². The van der Waals surface area contributed by atoms with Gasteiger partial charge in [-0.15, -0.1) is 0 Å². The summed E-state index contributed by atoms with van der Waals surface area (Å²) in [6.07, 6.45) is 0. The standard InChI is InChI=1S/C9H11NO4S.C6H7NO2S/c1-6-4-3-5-7(9(11)12)8(6)15(13,14)10-2;7-10(8,9)6-4-2-1-3-5-6/h3-5,10H,1-2H3,(H,11,12);1-5H,(H2,7,8,9). The number of rotatable bonds is 4. The van der Waals surface area contributed by atoms with Crippen molar-refractivity contribution in [1.29, 1.82) is 0 Å². The summed E-state index contributed by atoms with van der Waals surface area (Å²) >= 11 is 0. The summed E-state index contributed by atoms with van der Waals surface area (Å²) in [6.45, 7) is 1.55.